The van der Waals surface area contributed by atoms with Crippen molar-refractivity contribution in [3.8, 4) is 0 Å². The molecule has 1 aliphatic rings. The Kier molecular flexibility index (Phi) is 3.66. The number of nitrogens with zero attached hydrogens (tertiary/aromatic N) is 1. The number of amides is 1. The van der Waals surface area contributed by atoms with E-state index in [1.165, 1.54) is 6.07 Å². The minimum Gasteiger partial charge on any atom is -0.480 e. The number of carboxylic acids is 1. The third-order valence-corrected chi connectivity index (χ3v) is 3.82. The van der Waals surface area contributed by atoms with Gasteiger partial charge in [0.25, 0.3) is 0 Å². The van der Waals surface area contributed by atoms with Crippen LogP contribution in [0.2, 0.25) is 5.02 Å². The molecule has 1 aromatic rings. The Morgan fingerprint density at radius 3 is 2.68 bits per heavy atom. The molecule has 2 atom stereocenters. The molecule has 3 N–H and O–H groups in total. The van der Waals surface area contributed by atoms with E-state index in [1.54, 1.807) is 17.0 Å². The predicted octanol–water partition coefficient (Wildman–Crippen LogP) is 1.74. The largest absolute Gasteiger partial charge is 0.480 e. The van der Waals surface area contributed by atoms with Gasteiger partial charge in [0.05, 0.1) is 10.6 Å². The maximum absolute atomic E-state index is 11.3. The van der Waals surface area contributed by atoms with Crippen LogP contribution in [-0.2, 0) is 4.79 Å². The first-order valence-electron chi connectivity index (χ1n) is 6.00. The van der Waals surface area contributed by atoms with Crippen molar-refractivity contribution in [2.24, 2.45) is 11.7 Å². The van der Waals surface area contributed by atoms with Crippen molar-refractivity contribution in [1.29, 1.82) is 0 Å². The number of hydrogen-bond acceptors (Lipinski definition) is 3. The van der Waals surface area contributed by atoms with Crippen LogP contribution >= 0.6 is 11.6 Å². The van der Waals surface area contributed by atoms with Crippen LogP contribution in [0.1, 0.15) is 23.7 Å². The maximum atomic E-state index is 11.3. The molecule has 0 spiro atoms. The van der Waals surface area contributed by atoms with E-state index in [-0.39, 0.29) is 16.5 Å². The summed E-state index contributed by atoms with van der Waals surface area (Å²) in [4.78, 5) is 24.2. The van der Waals surface area contributed by atoms with E-state index in [1.807, 2.05) is 6.92 Å². The summed E-state index contributed by atoms with van der Waals surface area (Å²) < 4.78 is 0. The number of rotatable bonds is 3. The molecule has 1 aliphatic heterocycles. The summed E-state index contributed by atoms with van der Waals surface area (Å²) >= 11 is 5.99. The molecule has 0 radical (unpaired) electrons. The molecule has 5 nitrogen and oxygen atoms in total. The van der Waals surface area contributed by atoms with Gasteiger partial charge in [0.1, 0.15) is 6.04 Å². The smallest absolute Gasteiger partial charge is 0.326 e. The zero-order valence-electron chi connectivity index (χ0n) is 10.5. The zero-order valence-corrected chi connectivity index (χ0v) is 11.2. The quantitative estimate of drug-likeness (QED) is 0.884. The standard InChI is InChI=1S/C13H15ClN2O3/c1-7-4-5-16(11(7)13(18)19)8-2-3-9(12(15)17)10(14)6-8/h2-3,6-7,11H,4-5H2,1H3,(H2,15,17)(H,18,19). The van der Waals surface area contributed by atoms with Crippen LogP contribution in [0.25, 0.3) is 0 Å². The monoisotopic (exact) mass is 282 g/mol. The second-order valence-corrected chi connectivity index (χ2v) is 5.18. The van der Waals surface area contributed by atoms with E-state index in [0.717, 1.165) is 6.42 Å². The Hall–Kier alpha value is -1.75. The number of primary amides is 1. The molecular weight excluding hydrogens is 268 g/mol. The first-order chi connectivity index (χ1) is 8.91. The average molecular weight is 283 g/mol. The molecule has 0 saturated carbocycles. The molecule has 1 saturated heterocycles. The Bertz CT molecular complexity index is 533. The Labute approximate surface area is 116 Å². The van der Waals surface area contributed by atoms with Crippen LogP contribution in [0.4, 0.5) is 5.69 Å². The third-order valence-electron chi connectivity index (χ3n) is 3.50. The van der Waals surface area contributed by atoms with Gasteiger partial charge in [-0.25, -0.2) is 4.79 Å². The van der Waals surface area contributed by atoms with Crippen LogP contribution in [0, 0.1) is 5.92 Å². The first kappa shape index (κ1) is 13.7. The lowest BCUT2D eigenvalue weighted by atomic mass is 10.0. The molecule has 2 unspecified atom stereocenters. The molecule has 2 rings (SSSR count). The summed E-state index contributed by atoms with van der Waals surface area (Å²) in [5.74, 6) is -1.37. The maximum Gasteiger partial charge on any atom is 0.326 e. The van der Waals surface area contributed by atoms with Gasteiger partial charge in [0.2, 0.25) is 5.91 Å². The highest BCUT2D eigenvalue weighted by atomic mass is 35.5. The van der Waals surface area contributed by atoms with E-state index < -0.39 is 17.9 Å². The van der Waals surface area contributed by atoms with Gasteiger partial charge in [0.15, 0.2) is 0 Å². The van der Waals surface area contributed by atoms with Crippen molar-refractivity contribution in [3.63, 3.8) is 0 Å². The van der Waals surface area contributed by atoms with E-state index >= 15 is 0 Å². The van der Waals surface area contributed by atoms with Gasteiger partial charge in [-0.15, -0.1) is 0 Å². The van der Waals surface area contributed by atoms with Crippen LogP contribution in [-0.4, -0.2) is 29.6 Å². The predicted molar refractivity (Wildman–Crippen MR) is 72.5 cm³/mol. The fourth-order valence-electron chi connectivity index (χ4n) is 2.50. The average Bonchev–Trinajstić information content (AvgIpc) is 2.70. The van der Waals surface area contributed by atoms with Crippen LogP contribution in [0.5, 0.6) is 0 Å². The number of hydrogen-bond donors (Lipinski definition) is 2. The van der Waals surface area contributed by atoms with Gasteiger partial charge in [-0.2, -0.15) is 0 Å². The Balaban J connectivity index is 2.34. The lowest BCUT2D eigenvalue weighted by Crippen LogP contribution is -2.39. The normalized spacial score (nSPS) is 22.5. The highest BCUT2D eigenvalue weighted by Gasteiger charge is 2.36. The van der Waals surface area contributed by atoms with E-state index in [2.05, 4.69) is 0 Å². The van der Waals surface area contributed by atoms with Crippen molar-refractivity contribution in [2.75, 3.05) is 11.4 Å². The molecule has 6 heteroatoms. The molecule has 0 bridgehead atoms. The molecule has 19 heavy (non-hydrogen) atoms. The van der Waals surface area contributed by atoms with Crippen LogP contribution in [0.3, 0.4) is 0 Å². The molecule has 1 heterocycles. The lowest BCUT2D eigenvalue weighted by molar-refractivity contribution is -0.139. The summed E-state index contributed by atoms with van der Waals surface area (Å²) in [5, 5.41) is 9.52. The zero-order chi connectivity index (χ0) is 14.2. The topological polar surface area (TPSA) is 83.6 Å². The second kappa shape index (κ2) is 5.09. The number of anilines is 1. The first-order valence-corrected chi connectivity index (χ1v) is 6.38. The molecule has 0 aliphatic carbocycles. The SMILES string of the molecule is CC1CCN(c2ccc(C(N)=O)c(Cl)c2)C1C(=O)O. The number of carbonyl (C=O) groups is 2. The summed E-state index contributed by atoms with van der Waals surface area (Å²) in [7, 11) is 0. The van der Waals surface area contributed by atoms with E-state index in [0.29, 0.717) is 12.2 Å². The number of carboxylic acid groups (broad SMARTS) is 1. The third kappa shape index (κ3) is 2.51. The Morgan fingerprint density at radius 2 is 2.16 bits per heavy atom. The van der Waals surface area contributed by atoms with Gasteiger partial charge < -0.3 is 15.7 Å². The Morgan fingerprint density at radius 1 is 1.47 bits per heavy atom. The highest BCUT2D eigenvalue weighted by Crippen LogP contribution is 2.32. The highest BCUT2D eigenvalue weighted by molar-refractivity contribution is 6.34. The number of benzene rings is 1. The van der Waals surface area contributed by atoms with Crippen molar-refractivity contribution < 1.29 is 14.7 Å². The van der Waals surface area contributed by atoms with E-state index in [9.17, 15) is 14.7 Å². The van der Waals surface area contributed by atoms with Crippen LogP contribution in [0.15, 0.2) is 18.2 Å². The van der Waals surface area contributed by atoms with Crippen molar-refractivity contribution >= 4 is 29.2 Å². The van der Waals surface area contributed by atoms with Crippen molar-refractivity contribution in [1.82, 2.24) is 0 Å². The summed E-state index contributed by atoms with van der Waals surface area (Å²) in [6, 6.07) is 4.24. The summed E-state index contributed by atoms with van der Waals surface area (Å²) in [6.07, 6.45) is 0.812. The van der Waals surface area contributed by atoms with Gasteiger partial charge in [-0.1, -0.05) is 18.5 Å². The van der Waals surface area contributed by atoms with E-state index in [4.69, 9.17) is 17.3 Å². The molecule has 1 aromatic carbocycles. The molecule has 1 fully saturated rings. The fourth-order valence-corrected chi connectivity index (χ4v) is 2.76. The van der Waals surface area contributed by atoms with Gasteiger partial charge in [-0.05, 0) is 30.5 Å². The lowest BCUT2D eigenvalue weighted by Gasteiger charge is -2.25. The molecule has 1 amide bonds. The number of halogens is 1. The number of carbonyl (C=O) groups excluding carboxylic acids is 1. The minimum absolute atomic E-state index is 0.0760. The molecule has 0 aromatic heterocycles. The summed E-state index contributed by atoms with van der Waals surface area (Å²) in [6.45, 7) is 2.57. The van der Waals surface area contributed by atoms with Gasteiger partial charge in [-0.3, -0.25) is 4.79 Å². The fraction of sp³-hybridized carbons (Fsp3) is 0.385. The minimum atomic E-state index is -0.847. The number of aliphatic carboxylic acids is 1. The summed E-state index contributed by atoms with van der Waals surface area (Å²) in [5.41, 5.74) is 6.13. The molecular formula is C13H15ClN2O3. The van der Waals surface area contributed by atoms with Crippen molar-refractivity contribution in [3.05, 3.63) is 28.8 Å². The number of nitrogens with two attached hydrogens (primary N) is 1. The van der Waals surface area contributed by atoms with Crippen LogP contribution < -0.4 is 10.6 Å². The van der Waals surface area contributed by atoms with Gasteiger partial charge in [0, 0.05) is 12.2 Å². The van der Waals surface area contributed by atoms with Gasteiger partial charge >= 0.3 is 5.97 Å². The second-order valence-electron chi connectivity index (χ2n) is 4.77. The molecule has 102 valence electrons. The van der Waals surface area contributed by atoms with Crippen molar-refractivity contribution in [2.45, 2.75) is 19.4 Å².